The van der Waals surface area contributed by atoms with Crippen LogP contribution in [0.3, 0.4) is 0 Å². The number of aromatic nitrogens is 4. The summed E-state index contributed by atoms with van der Waals surface area (Å²) < 4.78 is 18.9. The van der Waals surface area contributed by atoms with E-state index in [2.05, 4.69) is 20.0 Å². The van der Waals surface area contributed by atoms with E-state index in [0.717, 1.165) is 0 Å². The summed E-state index contributed by atoms with van der Waals surface area (Å²) in [5.41, 5.74) is 6.70. The van der Waals surface area contributed by atoms with Gasteiger partial charge >= 0.3 is 5.97 Å². The van der Waals surface area contributed by atoms with Crippen molar-refractivity contribution in [3.63, 3.8) is 0 Å². The fourth-order valence-corrected chi connectivity index (χ4v) is 3.23. The van der Waals surface area contributed by atoms with E-state index in [9.17, 15) is 14.3 Å². The number of imidazole rings is 1. The first-order valence-electron chi connectivity index (χ1n) is 7.05. The number of fused-ring (bicyclic) bond motifs is 1. The lowest BCUT2D eigenvalue weighted by Crippen LogP contribution is -2.32. The molecule has 2 rings (SSSR count). The molecule has 2 aromatic heterocycles. The third-order valence-electron chi connectivity index (χ3n) is 3.18. The number of ether oxygens (including phenoxy) is 1. The van der Waals surface area contributed by atoms with Gasteiger partial charge in [-0.2, -0.15) is 0 Å². The van der Waals surface area contributed by atoms with Crippen LogP contribution < -0.4 is 10.8 Å². The van der Waals surface area contributed by atoms with Crippen LogP contribution >= 0.6 is 7.52 Å². The number of anilines is 1. The van der Waals surface area contributed by atoms with Gasteiger partial charge in [-0.25, -0.2) is 20.0 Å². The standard InChI is InChI=1S/C12H19N6O5P/c1-7(23-6-24(21,22)17-8(2)12(19)20)3-18-5-16-9-10(13)14-4-15-11(9)18/h4-5,7-8H,3,6H2,1-2H3,(H,19,20)(H2,13,14,15)(H2,17,21,22)/t7-,8-/m0/s1. The van der Waals surface area contributed by atoms with Gasteiger partial charge in [0, 0.05) is 0 Å². The number of nitrogens with two attached hydrogens (primary N) is 1. The average Bonchev–Trinajstić information content (AvgIpc) is 2.89. The van der Waals surface area contributed by atoms with Crippen LogP contribution in [-0.2, 0) is 20.6 Å². The molecule has 0 aliphatic rings. The molecule has 0 aliphatic heterocycles. The summed E-state index contributed by atoms with van der Waals surface area (Å²) in [6.45, 7) is 3.30. The Bertz CT molecular complexity index is 780. The smallest absolute Gasteiger partial charge is 0.320 e. The number of carboxylic acid groups (broad SMARTS) is 1. The normalized spacial score (nSPS) is 16.6. The van der Waals surface area contributed by atoms with Gasteiger partial charge in [-0.15, -0.1) is 0 Å². The second-order valence-corrected chi connectivity index (χ2v) is 7.24. The van der Waals surface area contributed by atoms with Crippen LogP contribution in [0.4, 0.5) is 5.82 Å². The Labute approximate surface area is 137 Å². The summed E-state index contributed by atoms with van der Waals surface area (Å²) in [6.07, 6.45) is 1.88. The van der Waals surface area contributed by atoms with Crippen molar-refractivity contribution in [2.75, 3.05) is 12.1 Å². The van der Waals surface area contributed by atoms with Crippen molar-refractivity contribution in [2.24, 2.45) is 0 Å². The Balaban J connectivity index is 1.95. The molecule has 132 valence electrons. The minimum Gasteiger partial charge on any atom is -0.480 e. The Morgan fingerprint density at radius 1 is 1.46 bits per heavy atom. The minimum absolute atomic E-state index is 0.263. The molecule has 5 N–H and O–H groups in total. The molecule has 0 radical (unpaired) electrons. The SMILES string of the molecule is C[C@H](NP(=O)(O)CO[C@@H](C)Cn1cnc2c(N)ncnc21)C(=O)O. The van der Waals surface area contributed by atoms with E-state index in [1.54, 1.807) is 11.5 Å². The predicted octanol–water partition coefficient (Wildman–Crippen LogP) is 0.0192. The van der Waals surface area contributed by atoms with Crippen LogP contribution in [0, 0.1) is 0 Å². The van der Waals surface area contributed by atoms with Gasteiger partial charge in [0.05, 0.1) is 19.0 Å². The van der Waals surface area contributed by atoms with Gasteiger partial charge in [-0.1, -0.05) is 0 Å². The molecule has 24 heavy (non-hydrogen) atoms. The quantitative estimate of drug-likeness (QED) is 0.472. The second-order valence-electron chi connectivity index (χ2n) is 5.33. The maximum Gasteiger partial charge on any atom is 0.320 e. The topological polar surface area (TPSA) is 165 Å². The lowest BCUT2D eigenvalue weighted by molar-refractivity contribution is -0.138. The molecule has 0 spiro atoms. The van der Waals surface area contributed by atoms with Crippen LogP contribution in [0.25, 0.3) is 11.2 Å². The molecule has 2 heterocycles. The Morgan fingerprint density at radius 2 is 2.17 bits per heavy atom. The summed E-state index contributed by atoms with van der Waals surface area (Å²) in [5, 5.41) is 10.9. The summed E-state index contributed by atoms with van der Waals surface area (Å²) in [5.74, 6) is -0.960. The first-order chi connectivity index (χ1) is 11.2. The summed E-state index contributed by atoms with van der Waals surface area (Å²) >= 11 is 0. The third kappa shape index (κ3) is 4.48. The van der Waals surface area contributed by atoms with E-state index in [1.807, 2.05) is 0 Å². The zero-order chi connectivity index (χ0) is 17.9. The zero-order valence-corrected chi connectivity index (χ0v) is 14.1. The Hall–Kier alpha value is -2.07. The van der Waals surface area contributed by atoms with Crippen LogP contribution in [0.15, 0.2) is 12.7 Å². The predicted molar refractivity (Wildman–Crippen MR) is 85.2 cm³/mol. The fourth-order valence-electron chi connectivity index (χ4n) is 1.99. The van der Waals surface area contributed by atoms with E-state index < -0.39 is 32.0 Å². The molecule has 1 unspecified atom stereocenters. The molecule has 2 aromatic rings. The van der Waals surface area contributed by atoms with Crippen molar-refractivity contribution in [1.29, 1.82) is 0 Å². The van der Waals surface area contributed by atoms with Crippen molar-refractivity contribution < 1.29 is 24.1 Å². The molecule has 0 aromatic carbocycles. The maximum absolute atomic E-state index is 11.9. The number of nitrogen functional groups attached to an aromatic ring is 1. The molecule has 12 heteroatoms. The van der Waals surface area contributed by atoms with Crippen molar-refractivity contribution in [2.45, 2.75) is 32.5 Å². The first-order valence-corrected chi connectivity index (χ1v) is 8.89. The van der Waals surface area contributed by atoms with Gasteiger partial charge in [-0.3, -0.25) is 9.36 Å². The molecule has 0 bridgehead atoms. The number of carboxylic acids is 1. The maximum atomic E-state index is 11.9. The third-order valence-corrected chi connectivity index (χ3v) is 4.47. The number of nitrogens with one attached hydrogen (secondary N) is 1. The minimum atomic E-state index is -3.93. The van der Waals surface area contributed by atoms with Gasteiger partial charge in [0.25, 0.3) is 7.52 Å². The molecule has 0 fully saturated rings. The zero-order valence-electron chi connectivity index (χ0n) is 13.2. The van der Waals surface area contributed by atoms with Crippen molar-refractivity contribution in [3.8, 4) is 0 Å². The lowest BCUT2D eigenvalue weighted by atomic mass is 10.4. The number of rotatable bonds is 8. The van der Waals surface area contributed by atoms with E-state index in [-0.39, 0.29) is 5.82 Å². The van der Waals surface area contributed by atoms with E-state index in [0.29, 0.717) is 17.7 Å². The highest BCUT2D eigenvalue weighted by atomic mass is 31.2. The number of carbonyl (C=O) groups is 1. The molecular formula is C12H19N6O5P. The van der Waals surface area contributed by atoms with Gasteiger partial charge < -0.3 is 25.0 Å². The van der Waals surface area contributed by atoms with Crippen LogP contribution in [0.2, 0.25) is 0 Å². The second kappa shape index (κ2) is 7.22. The molecule has 0 amide bonds. The molecule has 0 aliphatic carbocycles. The van der Waals surface area contributed by atoms with E-state index in [1.165, 1.54) is 19.6 Å². The van der Waals surface area contributed by atoms with Gasteiger partial charge in [-0.05, 0) is 13.8 Å². The molecule has 3 atom stereocenters. The Kier molecular flexibility index (Phi) is 5.50. The molecular weight excluding hydrogens is 339 g/mol. The fraction of sp³-hybridized carbons (Fsp3) is 0.500. The largest absolute Gasteiger partial charge is 0.480 e. The highest BCUT2D eigenvalue weighted by Gasteiger charge is 2.25. The van der Waals surface area contributed by atoms with Crippen LogP contribution in [0.1, 0.15) is 13.8 Å². The van der Waals surface area contributed by atoms with Crippen molar-refractivity contribution in [1.82, 2.24) is 24.6 Å². The van der Waals surface area contributed by atoms with Crippen molar-refractivity contribution in [3.05, 3.63) is 12.7 Å². The molecule has 11 nitrogen and oxygen atoms in total. The lowest BCUT2D eigenvalue weighted by Gasteiger charge is -2.19. The highest BCUT2D eigenvalue weighted by Crippen LogP contribution is 2.36. The monoisotopic (exact) mass is 358 g/mol. The summed E-state index contributed by atoms with van der Waals surface area (Å²) in [4.78, 5) is 32.5. The van der Waals surface area contributed by atoms with Gasteiger partial charge in [0.2, 0.25) is 0 Å². The highest BCUT2D eigenvalue weighted by molar-refractivity contribution is 7.55. The summed E-state index contributed by atoms with van der Waals surface area (Å²) in [7, 11) is -3.93. The Morgan fingerprint density at radius 3 is 2.83 bits per heavy atom. The number of nitrogens with zero attached hydrogens (tertiary/aromatic N) is 4. The number of hydrogen-bond acceptors (Lipinski definition) is 7. The molecule has 0 saturated carbocycles. The van der Waals surface area contributed by atoms with Crippen LogP contribution in [0.5, 0.6) is 0 Å². The van der Waals surface area contributed by atoms with E-state index >= 15 is 0 Å². The number of hydrogen-bond donors (Lipinski definition) is 4. The van der Waals surface area contributed by atoms with Crippen molar-refractivity contribution >= 4 is 30.5 Å². The van der Waals surface area contributed by atoms with Gasteiger partial charge in [0.15, 0.2) is 11.5 Å². The van der Waals surface area contributed by atoms with Crippen LogP contribution in [-0.4, -0.2) is 54.0 Å². The average molecular weight is 358 g/mol. The van der Waals surface area contributed by atoms with E-state index in [4.69, 9.17) is 15.6 Å². The molecule has 0 saturated heterocycles. The number of aliphatic carboxylic acids is 1. The summed E-state index contributed by atoms with van der Waals surface area (Å²) in [6, 6.07) is -1.16. The first kappa shape index (κ1) is 18.3. The van der Waals surface area contributed by atoms with Gasteiger partial charge in [0.1, 0.15) is 24.2 Å².